The van der Waals surface area contributed by atoms with Gasteiger partial charge >= 0.3 is 0 Å². The van der Waals surface area contributed by atoms with Gasteiger partial charge in [-0.05, 0) is 44.5 Å². The minimum atomic E-state index is -0.595. The molecule has 1 atom stereocenters. The summed E-state index contributed by atoms with van der Waals surface area (Å²) in [5.41, 5.74) is 0. The molecular weight excluding hydrogens is 323 g/mol. The SMILES string of the molecule is CCN1CCC(NC(=O)C(C)Oc2ccc(Cl)cc2Cl)CC1. The number of hydrogen-bond acceptors (Lipinski definition) is 3. The minimum absolute atomic E-state index is 0.110. The molecule has 1 aromatic carbocycles. The average Bonchev–Trinajstić information content (AvgIpc) is 2.50. The number of halogens is 2. The largest absolute Gasteiger partial charge is 0.479 e. The fourth-order valence-electron chi connectivity index (χ4n) is 2.53. The predicted molar refractivity (Wildman–Crippen MR) is 89.8 cm³/mol. The van der Waals surface area contributed by atoms with Crippen molar-refractivity contribution in [3.8, 4) is 5.75 Å². The van der Waals surface area contributed by atoms with Crippen LogP contribution in [0.5, 0.6) is 5.75 Å². The highest BCUT2D eigenvalue weighted by molar-refractivity contribution is 6.35. The van der Waals surface area contributed by atoms with Gasteiger partial charge in [-0.3, -0.25) is 4.79 Å². The van der Waals surface area contributed by atoms with Crippen molar-refractivity contribution in [1.29, 1.82) is 0 Å². The second-order valence-electron chi connectivity index (χ2n) is 5.55. The predicted octanol–water partition coefficient (Wildman–Crippen LogP) is 3.36. The van der Waals surface area contributed by atoms with Gasteiger partial charge in [0.05, 0.1) is 5.02 Å². The molecule has 6 heteroatoms. The molecule has 0 aliphatic carbocycles. The first-order valence-corrected chi connectivity index (χ1v) is 8.39. The smallest absolute Gasteiger partial charge is 0.260 e. The van der Waals surface area contributed by atoms with E-state index in [9.17, 15) is 4.79 Å². The van der Waals surface area contributed by atoms with Crippen LogP contribution in [0.15, 0.2) is 18.2 Å². The maximum atomic E-state index is 12.2. The van der Waals surface area contributed by atoms with Crippen molar-refractivity contribution in [2.75, 3.05) is 19.6 Å². The molecular formula is C16H22Cl2N2O2. The second kappa shape index (κ2) is 8.04. The molecule has 1 heterocycles. The second-order valence-corrected chi connectivity index (χ2v) is 6.40. The molecule has 1 N–H and O–H groups in total. The lowest BCUT2D eigenvalue weighted by atomic mass is 10.0. The van der Waals surface area contributed by atoms with Gasteiger partial charge in [0, 0.05) is 24.2 Å². The molecule has 0 spiro atoms. The molecule has 1 aliphatic heterocycles. The lowest BCUT2D eigenvalue weighted by molar-refractivity contribution is -0.128. The van der Waals surface area contributed by atoms with Crippen LogP contribution in [-0.2, 0) is 4.79 Å². The summed E-state index contributed by atoms with van der Waals surface area (Å²) in [6, 6.07) is 5.19. The molecule has 0 aromatic heterocycles. The zero-order valence-electron chi connectivity index (χ0n) is 12.9. The normalized spacial score (nSPS) is 18.0. The van der Waals surface area contributed by atoms with Crippen LogP contribution in [0.2, 0.25) is 10.0 Å². The number of hydrogen-bond donors (Lipinski definition) is 1. The highest BCUT2D eigenvalue weighted by atomic mass is 35.5. The van der Waals surface area contributed by atoms with Gasteiger partial charge in [0.15, 0.2) is 6.10 Å². The van der Waals surface area contributed by atoms with Crippen molar-refractivity contribution in [3.63, 3.8) is 0 Å². The molecule has 1 aromatic rings. The van der Waals surface area contributed by atoms with Crippen molar-refractivity contribution in [1.82, 2.24) is 10.2 Å². The summed E-state index contributed by atoms with van der Waals surface area (Å²) in [7, 11) is 0. The maximum Gasteiger partial charge on any atom is 0.260 e. The molecule has 0 radical (unpaired) electrons. The number of carbonyl (C=O) groups is 1. The standard InChI is InChI=1S/C16H22Cl2N2O2/c1-3-20-8-6-13(7-9-20)19-16(21)11(2)22-15-5-4-12(17)10-14(15)18/h4-5,10-11,13H,3,6-9H2,1-2H3,(H,19,21). The van der Waals surface area contributed by atoms with Gasteiger partial charge in [0.25, 0.3) is 5.91 Å². The third-order valence-electron chi connectivity index (χ3n) is 3.95. The van der Waals surface area contributed by atoms with E-state index in [4.69, 9.17) is 27.9 Å². The first-order valence-electron chi connectivity index (χ1n) is 7.64. The molecule has 122 valence electrons. The number of benzene rings is 1. The van der Waals surface area contributed by atoms with Gasteiger partial charge in [-0.15, -0.1) is 0 Å². The molecule has 2 rings (SSSR count). The molecule has 1 aliphatic rings. The van der Waals surface area contributed by atoms with E-state index < -0.39 is 6.10 Å². The molecule has 1 amide bonds. The first-order chi connectivity index (χ1) is 10.5. The molecule has 1 saturated heterocycles. The topological polar surface area (TPSA) is 41.6 Å². The van der Waals surface area contributed by atoms with Gasteiger partial charge in [-0.2, -0.15) is 0 Å². The summed E-state index contributed by atoms with van der Waals surface area (Å²) in [4.78, 5) is 14.6. The molecule has 22 heavy (non-hydrogen) atoms. The quantitative estimate of drug-likeness (QED) is 0.890. The van der Waals surface area contributed by atoms with Crippen molar-refractivity contribution >= 4 is 29.1 Å². The van der Waals surface area contributed by atoms with Gasteiger partial charge in [-0.25, -0.2) is 0 Å². The van der Waals surface area contributed by atoms with Crippen LogP contribution >= 0.6 is 23.2 Å². The fraction of sp³-hybridized carbons (Fsp3) is 0.562. The first kappa shape index (κ1) is 17.4. The summed E-state index contributed by atoms with van der Waals surface area (Å²) in [5, 5.41) is 4.00. The number of rotatable bonds is 5. The van der Waals surface area contributed by atoms with Crippen LogP contribution in [0.4, 0.5) is 0 Å². The van der Waals surface area contributed by atoms with E-state index in [1.807, 2.05) is 0 Å². The number of ether oxygens (including phenoxy) is 1. The van der Waals surface area contributed by atoms with Gasteiger partial charge in [-0.1, -0.05) is 30.1 Å². The number of nitrogens with zero attached hydrogens (tertiary/aromatic N) is 1. The zero-order chi connectivity index (χ0) is 16.1. The van der Waals surface area contributed by atoms with E-state index in [0.29, 0.717) is 15.8 Å². The third kappa shape index (κ3) is 4.77. The minimum Gasteiger partial charge on any atom is -0.479 e. The fourth-order valence-corrected chi connectivity index (χ4v) is 2.98. The lowest BCUT2D eigenvalue weighted by Crippen LogP contribution is -2.48. The Hall–Kier alpha value is -0.970. The molecule has 0 bridgehead atoms. The highest BCUT2D eigenvalue weighted by Gasteiger charge is 2.23. The Morgan fingerprint density at radius 1 is 1.41 bits per heavy atom. The van der Waals surface area contributed by atoms with Gasteiger partial charge in [0.2, 0.25) is 0 Å². The number of piperidine rings is 1. The molecule has 0 saturated carbocycles. The summed E-state index contributed by atoms with van der Waals surface area (Å²) in [6.07, 6.45) is 1.37. The van der Waals surface area contributed by atoms with Crippen LogP contribution in [0, 0.1) is 0 Å². The van der Waals surface area contributed by atoms with E-state index in [-0.39, 0.29) is 11.9 Å². The summed E-state index contributed by atoms with van der Waals surface area (Å²) < 4.78 is 5.63. The summed E-state index contributed by atoms with van der Waals surface area (Å²) in [6.45, 7) is 7.00. The van der Waals surface area contributed by atoms with Crippen LogP contribution in [0.1, 0.15) is 26.7 Å². The van der Waals surface area contributed by atoms with E-state index in [0.717, 1.165) is 32.5 Å². The van der Waals surface area contributed by atoms with Crippen molar-refractivity contribution in [2.45, 2.75) is 38.8 Å². The molecule has 1 fully saturated rings. The van der Waals surface area contributed by atoms with Crippen molar-refractivity contribution < 1.29 is 9.53 Å². The van der Waals surface area contributed by atoms with Crippen LogP contribution in [-0.4, -0.2) is 42.6 Å². The van der Waals surface area contributed by atoms with E-state index in [1.54, 1.807) is 25.1 Å². The summed E-state index contributed by atoms with van der Waals surface area (Å²) in [5.74, 6) is 0.357. The third-order valence-corrected chi connectivity index (χ3v) is 4.48. The zero-order valence-corrected chi connectivity index (χ0v) is 14.5. The van der Waals surface area contributed by atoms with E-state index in [1.165, 1.54) is 0 Å². The van der Waals surface area contributed by atoms with E-state index in [2.05, 4.69) is 17.1 Å². The lowest BCUT2D eigenvalue weighted by Gasteiger charge is -2.32. The number of likely N-dealkylation sites (tertiary alicyclic amines) is 1. The highest BCUT2D eigenvalue weighted by Crippen LogP contribution is 2.28. The Labute approximate surface area is 141 Å². The van der Waals surface area contributed by atoms with Gasteiger partial charge in [0.1, 0.15) is 5.75 Å². The summed E-state index contributed by atoms with van der Waals surface area (Å²) >= 11 is 11.9. The van der Waals surface area contributed by atoms with Crippen LogP contribution < -0.4 is 10.1 Å². The Morgan fingerprint density at radius 3 is 2.68 bits per heavy atom. The van der Waals surface area contributed by atoms with E-state index >= 15 is 0 Å². The Bertz CT molecular complexity index is 517. The molecule has 4 nitrogen and oxygen atoms in total. The number of nitrogens with one attached hydrogen (secondary N) is 1. The monoisotopic (exact) mass is 344 g/mol. The Morgan fingerprint density at radius 2 is 2.09 bits per heavy atom. The Kier molecular flexibility index (Phi) is 6.36. The molecule has 1 unspecified atom stereocenters. The number of amides is 1. The Balaban J connectivity index is 1.84. The maximum absolute atomic E-state index is 12.2. The van der Waals surface area contributed by atoms with Crippen LogP contribution in [0.3, 0.4) is 0 Å². The van der Waals surface area contributed by atoms with Crippen molar-refractivity contribution in [3.05, 3.63) is 28.2 Å². The van der Waals surface area contributed by atoms with Crippen molar-refractivity contribution in [2.24, 2.45) is 0 Å². The van der Waals surface area contributed by atoms with Gasteiger partial charge < -0.3 is 15.0 Å². The van der Waals surface area contributed by atoms with Crippen LogP contribution in [0.25, 0.3) is 0 Å². The average molecular weight is 345 g/mol. The number of carbonyl (C=O) groups excluding carboxylic acids is 1.